The topological polar surface area (TPSA) is 3.24 Å². The average molecular weight is 272 g/mol. The molecule has 1 aliphatic rings. The van der Waals surface area contributed by atoms with E-state index >= 15 is 0 Å². The van der Waals surface area contributed by atoms with Gasteiger partial charge in [0.1, 0.15) is 5.67 Å². The van der Waals surface area contributed by atoms with Crippen LogP contribution in [0.3, 0.4) is 0 Å². The highest BCUT2D eigenvalue weighted by molar-refractivity contribution is 9.10. The third-order valence-corrected chi connectivity index (χ3v) is 3.51. The van der Waals surface area contributed by atoms with Crippen molar-refractivity contribution in [3.63, 3.8) is 0 Å². The first-order valence-corrected chi connectivity index (χ1v) is 6.06. The Labute approximate surface area is 98.4 Å². The molecule has 0 aliphatic carbocycles. The Bertz CT molecular complexity index is 351. The Balaban J connectivity index is 2.21. The maximum Gasteiger partial charge on any atom is 0.125 e. The van der Waals surface area contributed by atoms with Crippen LogP contribution < -0.4 is 4.90 Å². The molecule has 0 spiro atoms. The fourth-order valence-corrected chi connectivity index (χ4v) is 2.64. The van der Waals surface area contributed by atoms with Crippen LogP contribution in [0.25, 0.3) is 0 Å². The van der Waals surface area contributed by atoms with Gasteiger partial charge in [-0.1, -0.05) is 12.1 Å². The Kier molecular flexibility index (Phi) is 3.01. The molecule has 1 heterocycles. The second-order valence-electron chi connectivity index (χ2n) is 4.39. The summed E-state index contributed by atoms with van der Waals surface area (Å²) >= 11 is 3.51. The minimum absolute atomic E-state index is 0.496. The van der Waals surface area contributed by atoms with E-state index in [9.17, 15) is 4.39 Å². The summed E-state index contributed by atoms with van der Waals surface area (Å²) in [7, 11) is 0. The molecule has 1 atom stereocenters. The quantitative estimate of drug-likeness (QED) is 0.752. The van der Waals surface area contributed by atoms with Crippen LogP contribution in [-0.4, -0.2) is 18.8 Å². The fraction of sp³-hybridized carbons (Fsp3) is 0.500. The van der Waals surface area contributed by atoms with Crippen molar-refractivity contribution >= 4 is 21.6 Å². The lowest BCUT2D eigenvalue weighted by atomic mass is 9.96. The van der Waals surface area contributed by atoms with Gasteiger partial charge in [-0.15, -0.1) is 0 Å². The van der Waals surface area contributed by atoms with Gasteiger partial charge in [-0.25, -0.2) is 4.39 Å². The Morgan fingerprint density at radius 2 is 2.13 bits per heavy atom. The number of para-hydroxylation sites is 1. The first-order chi connectivity index (χ1) is 7.08. The standard InChI is InChI=1S/C12H15BrFN/c1-12(14)7-4-8-15(9-12)11-6-3-2-5-10(11)13/h2-3,5-6H,4,7-9H2,1H3. The minimum atomic E-state index is -1.05. The van der Waals surface area contributed by atoms with Crippen molar-refractivity contribution < 1.29 is 4.39 Å². The van der Waals surface area contributed by atoms with E-state index in [1.807, 2.05) is 24.3 Å². The van der Waals surface area contributed by atoms with E-state index in [2.05, 4.69) is 20.8 Å². The molecule has 1 unspecified atom stereocenters. The maximum absolute atomic E-state index is 13.9. The molecule has 1 aromatic carbocycles. The molecule has 0 N–H and O–H groups in total. The van der Waals surface area contributed by atoms with Crippen molar-refractivity contribution in [2.75, 3.05) is 18.0 Å². The molecule has 2 rings (SSSR count). The maximum atomic E-state index is 13.9. The molecule has 3 heteroatoms. The predicted octanol–water partition coefficient (Wildman–Crippen LogP) is 3.78. The number of anilines is 1. The van der Waals surface area contributed by atoms with E-state index in [0.29, 0.717) is 13.0 Å². The van der Waals surface area contributed by atoms with Gasteiger partial charge in [0, 0.05) is 11.0 Å². The number of hydrogen-bond acceptors (Lipinski definition) is 1. The van der Waals surface area contributed by atoms with Crippen LogP contribution in [0.15, 0.2) is 28.7 Å². The van der Waals surface area contributed by atoms with Crippen molar-refractivity contribution in [3.05, 3.63) is 28.7 Å². The molecular formula is C12H15BrFN. The van der Waals surface area contributed by atoms with Crippen molar-refractivity contribution in [2.24, 2.45) is 0 Å². The first-order valence-electron chi connectivity index (χ1n) is 5.27. The fourth-order valence-electron chi connectivity index (χ4n) is 2.11. The number of halogens is 2. The summed E-state index contributed by atoms with van der Waals surface area (Å²) in [5.41, 5.74) is 0.0501. The van der Waals surface area contributed by atoms with Gasteiger partial charge in [-0.05, 0) is 47.8 Å². The summed E-state index contributed by atoms with van der Waals surface area (Å²) in [5, 5.41) is 0. The first kappa shape index (κ1) is 10.9. The van der Waals surface area contributed by atoms with Crippen molar-refractivity contribution in [1.82, 2.24) is 0 Å². The average Bonchev–Trinajstić information content (AvgIpc) is 2.17. The lowest BCUT2D eigenvalue weighted by Crippen LogP contribution is -2.43. The number of benzene rings is 1. The summed E-state index contributed by atoms with van der Waals surface area (Å²) in [6, 6.07) is 8.00. The number of piperidine rings is 1. The Morgan fingerprint density at radius 3 is 2.80 bits per heavy atom. The van der Waals surface area contributed by atoms with E-state index in [0.717, 1.165) is 23.1 Å². The molecule has 0 saturated carbocycles. The normalized spacial score (nSPS) is 26.7. The van der Waals surface area contributed by atoms with Crippen molar-refractivity contribution in [2.45, 2.75) is 25.4 Å². The largest absolute Gasteiger partial charge is 0.367 e. The molecule has 82 valence electrons. The number of alkyl halides is 1. The molecule has 15 heavy (non-hydrogen) atoms. The van der Waals surface area contributed by atoms with Crippen molar-refractivity contribution in [3.8, 4) is 0 Å². The van der Waals surface area contributed by atoms with Crippen LogP contribution in [-0.2, 0) is 0 Å². The Morgan fingerprint density at radius 1 is 1.40 bits per heavy atom. The van der Waals surface area contributed by atoms with E-state index in [4.69, 9.17) is 0 Å². The molecule has 0 aromatic heterocycles. The number of hydrogen-bond donors (Lipinski definition) is 0. The van der Waals surface area contributed by atoms with Crippen LogP contribution in [0.1, 0.15) is 19.8 Å². The third-order valence-electron chi connectivity index (χ3n) is 2.84. The van der Waals surface area contributed by atoms with Gasteiger partial charge in [0.15, 0.2) is 0 Å². The second kappa shape index (κ2) is 4.12. The number of rotatable bonds is 1. The van der Waals surface area contributed by atoms with Gasteiger partial charge in [0.05, 0.1) is 12.2 Å². The van der Waals surface area contributed by atoms with Crippen LogP contribution in [0.5, 0.6) is 0 Å². The molecule has 1 nitrogen and oxygen atoms in total. The highest BCUT2D eigenvalue weighted by Crippen LogP contribution is 2.32. The minimum Gasteiger partial charge on any atom is -0.367 e. The number of nitrogens with zero attached hydrogens (tertiary/aromatic N) is 1. The summed E-state index contributed by atoms with van der Waals surface area (Å²) in [5.74, 6) is 0. The van der Waals surface area contributed by atoms with Crippen LogP contribution >= 0.6 is 15.9 Å². The summed E-state index contributed by atoms with van der Waals surface area (Å²) in [6.07, 6.45) is 1.60. The zero-order chi connectivity index (χ0) is 10.9. The van der Waals surface area contributed by atoms with Crippen LogP contribution in [0, 0.1) is 0 Å². The highest BCUT2D eigenvalue weighted by Gasteiger charge is 2.31. The van der Waals surface area contributed by atoms with Gasteiger partial charge in [0.25, 0.3) is 0 Å². The molecule has 1 fully saturated rings. The van der Waals surface area contributed by atoms with Crippen LogP contribution in [0.2, 0.25) is 0 Å². The lowest BCUT2D eigenvalue weighted by Gasteiger charge is -2.37. The molecule has 1 aromatic rings. The van der Waals surface area contributed by atoms with Gasteiger partial charge < -0.3 is 4.90 Å². The predicted molar refractivity (Wildman–Crippen MR) is 65.1 cm³/mol. The Hall–Kier alpha value is -0.570. The van der Waals surface area contributed by atoms with Gasteiger partial charge in [-0.2, -0.15) is 0 Å². The smallest absolute Gasteiger partial charge is 0.125 e. The van der Waals surface area contributed by atoms with E-state index < -0.39 is 5.67 Å². The third kappa shape index (κ3) is 2.51. The van der Waals surface area contributed by atoms with E-state index in [1.54, 1.807) is 6.92 Å². The van der Waals surface area contributed by atoms with Gasteiger partial charge in [0.2, 0.25) is 0 Å². The van der Waals surface area contributed by atoms with E-state index in [-0.39, 0.29) is 0 Å². The lowest BCUT2D eigenvalue weighted by molar-refractivity contribution is 0.160. The SMILES string of the molecule is CC1(F)CCCN(c2ccccc2Br)C1. The second-order valence-corrected chi connectivity index (χ2v) is 5.24. The summed E-state index contributed by atoms with van der Waals surface area (Å²) in [4.78, 5) is 2.12. The molecule has 1 aliphatic heterocycles. The molecule has 0 amide bonds. The molecule has 0 bridgehead atoms. The zero-order valence-electron chi connectivity index (χ0n) is 8.84. The van der Waals surface area contributed by atoms with E-state index in [1.165, 1.54) is 0 Å². The van der Waals surface area contributed by atoms with Crippen molar-refractivity contribution in [1.29, 1.82) is 0 Å². The summed E-state index contributed by atoms with van der Waals surface area (Å²) < 4.78 is 14.9. The monoisotopic (exact) mass is 271 g/mol. The van der Waals surface area contributed by atoms with Crippen LogP contribution in [0.4, 0.5) is 10.1 Å². The molecule has 0 radical (unpaired) electrons. The molecule has 1 saturated heterocycles. The van der Waals surface area contributed by atoms with Gasteiger partial charge >= 0.3 is 0 Å². The zero-order valence-corrected chi connectivity index (χ0v) is 10.4. The highest BCUT2D eigenvalue weighted by atomic mass is 79.9. The van der Waals surface area contributed by atoms with Gasteiger partial charge in [-0.3, -0.25) is 0 Å². The summed E-state index contributed by atoms with van der Waals surface area (Å²) in [6.45, 7) is 3.13. The molecular weight excluding hydrogens is 257 g/mol.